The van der Waals surface area contributed by atoms with Crippen molar-refractivity contribution < 1.29 is 14.6 Å². The molecule has 2 aliphatic rings. The van der Waals surface area contributed by atoms with Crippen LogP contribution in [0.4, 0.5) is 0 Å². The van der Waals surface area contributed by atoms with Gasteiger partial charge in [-0.1, -0.05) is 6.92 Å². The summed E-state index contributed by atoms with van der Waals surface area (Å²) in [5.74, 6) is 0.361. The van der Waals surface area contributed by atoms with Crippen LogP contribution < -0.4 is 0 Å². The Bertz CT molecular complexity index is 184. The first-order chi connectivity index (χ1) is 5.51. The maximum atomic E-state index is 9.69. The number of ether oxygens (including phenoxy) is 2. The Hall–Kier alpha value is -0.120. The molecule has 2 saturated heterocycles. The van der Waals surface area contributed by atoms with Gasteiger partial charge >= 0.3 is 0 Å². The summed E-state index contributed by atoms with van der Waals surface area (Å²) in [5.41, 5.74) is -0.793. The molecular weight excluding hydrogens is 156 g/mol. The Balaban J connectivity index is 2.37. The summed E-state index contributed by atoms with van der Waals surface area (Å²) in [4.78, 5) is 0. The van der Waals surface area contributed by atoms with Crippen LogP contribution in [0.5, 0.6) is 0 Å². The quantitative estimate of drug-likeness (QED) is 0.580. The predicted octanol–water partition coefficient (Wildman–Crippen LogP) is 0.561. The maximum Gasteiger partial charge on any atom is 0.122 e. The van der Waals surface area contributed by atoms with Gasteiger partial charge in [0.2, 0.25) is 0 Å². The van der Waals surface area contributed by atoms with Crippen molar-refractivity contribution in [3.63, 3.8) is 0 Å². The van der Waals surface area contributed by atoms with E-state index >= 15 is 0 Å². The number of aliphatic hydroxyl groups excluding tert-OH is 1. The van der Waals surface area contributed by atoms with Gasteiger partial charge in [-0.25, -0.2) is 0 Å². The number of hydrogen-bond donors (Lipinski definition) is 1. The zero-order valence-electron chi connectivity index (χ0n) is 7.83. The summed E-state index contributed by atoms with van der Waals surface area (Å²) in [5, 5.41) is 9.69. The van der Waals surface area contributed by atoms with Gasteiger partial charge in [0.25, 0.3) is 0 Å². The second-order valence-electron chi connectivity index (χ2n) is 4.25. The van der Waals surface area contributed by atoms with E-state index in [0.717, 1.165) is 0 Å². The molecule has 0 bridgehead atoms. The fraction of sp³-hybridized carbons (Fsp3) is 1.00. The lowest BCUT2D eigenvalue weighted by Gasteiger charge is -2.34. The van der Waals surface area contributed by atoms with E-state index in [1.54, 1.807) is 0 Å². The lowest BCUT2D eigenvalue weighted by atomic mass is 9.79. The lowest BCUT2D eigenvalue weighted by molar-refractivity contribution is -0.0973. The summed E-state index contributed by atoms with van der Waals surface area (Å²) in [6, 6.07) is 0. The van der Waals surface area contributed by atoms with Crippen molar-refractivity contribution in [2.24, 2.45) is 5.92 Å². The van der Waals surface area contributed by atoms with Crippen LogP contribution in [-0.2, 0) is 9.47 Å². The van der Waals surface area contributed by atoms with E-state index in [0.29, 0.717) is 19.1 Å². The zero-order chi connectivity index (χ0) is 8.98. The van der Waals surface area contributed by atoms with Crippen molar-refractivity contribution in [2.45, 2.75) is 38.1 Å². The van der Waals surface area contributed by atoms with Gasteiger partial charge < -0.3 is 14.6 Å². The Morgan fingerprint density at radius 1 is 1.17 bits per heavy atom. The predicted molar refractivity (Wildman–Crippen MR) is 43.9 cm³/mol. The summed E-state index contributed by atoms with van der Waals surface area (Å²) in [6.07, 6.45) is -0.479. The van der Waals surface area contributed by atoms with Gasteiger partial charge in [-0.2, -0.15) is 0 Å². The van der Waals surface area contributed by atoms with Gasteiger partial charge in [0.1, 0.15) is 17.3 Å². The van der Waals surface area contributed by atoms with Crippen molar-refractivity contribution in [1.82, 2.24) is 0 Å². The van der Waals surface area contributed by atoms with E-state index in [-0.39, 0.29) is 5.60 Å². The molecule has 0 aromatic heterocycles. The second kappa shape index (κ2) is 2.22. The average Bonchev–Trinajstić information content (AvgIpc) is 2.39. The van der Waals surface area contributed by atoms with E-state index < -0.39 is 11.7 Å². The maximum absolute atomic E-state index is 9.69. The first-order valence-electron chi connectivity index (χ1n) is 4.46. The molecule has 0 saturated carbocycles. The average molecular weight is 172 g/mol. The van der Waals surface area contributed by atoms with Crippen LogP contribution in [0.1, 0.15) is 20.8 Å². The van der Waals surface area contributed by atoms with Gasteiger partial charge in [0, 0.05) is 5.92 Å². The third-order valence-corrected chi connectivity index (χ3v) is 3.74. The molecular formula is C9H16O3. The fourth-order valence-electron chi connectivity index (χ4n) is 2.21. The van der Waals surface area contributed by atoms with Crippen molar-refractivity contribution in [3.8, 4) is 0 Å². The van der Waals surface area contributed by atoms with E-state index in [2.05, 4.69) is 6.92 Å². The molecule has 0 spiro atoms. The zero-order valence-corrected chi connectivity index (χ0v) is 7.83. The highest BCUT2D eigenvalue weighted by Crippen LogP contribution is 2.48. The third kappa shape index (κ3) is 0.721. The first kappa shape index (κ1) is 8.48. The fourth-order valence-corrected chi connectivity index (χ4v) is 2.21. The van der Waals surface area contributed by atoms with E-state index in [4.69, 9.17) is 9.47 Å². The molecule has 0 amide bonds. The van der Waals surface area contributed by atoms with Gasteiger partial charge in [-0.05, 0) is 13.8 Å². The summed E-state index contributed by atoms with van der Waals surface area (Å²) >= 11 is 0. The largest absolute Gasteiger partial charge is 0.388 e. The normalized spacial score (nSPS) is 59.0. The Labute approximate surface area is 72.7 Å². The summed E-state index contributed by atoms with van der Waals surface area (Å²) in [7, 11) is 0. The molecule has 0 radical (unpaired) electrons. The Morgan fingerprint density at radius 2 is 1.75 bits per heavy atom. The van der Waals surface area contributed by atoms with Crippen molar-refractivity contribution in [3.05, 3.63) is 0 Å². The lowest BCUT2D eigenvalue weighted by Crippen LogP contribution is -2.51. The Kier molecular flexibility index (Phi) is 1.57. The van der Waals surface area contributed by atoms with Crippen molar-refractivity contribution in [1.29, 1.82) is 0 Å². The van der Waals surface area contributed by atoms with E-state index in [1.807, 2.05) is 13.8 Å². The molecule has 0 unspecified atom stereocenters. The molecule has 3 heteroatoms. The van der Waals surface area contributed by atoms with E-state index in [1.165, 1.54) is 0 Å². The van der Waals surface area contributed by atoms with Crippen LogP contribution in [0.3, 0.4) is 0 Å². The minimum absolute atomic E-state index is 0.299. The third-order valence-electron chi connectivity index (χ3n) is 3.74. The molecule has 1 N–H and O–H groups in total. The molecule has 0 aromatic rings. The van der Waals surface area contributed by atoms with Crippen LogP contribution in [-0.4, -0.2) is 35.6 Å². The van der Waals surface area contributed by atoms with E-state index in [9.17, 15) is 5.11 Å². The highest BCUT2D eigenvalue weighted by atomic mass is 16.6. The van der Waals surface area contributed by atoms with Crippen LogP contribution in [0.15, 0.2) is 0 Å². The molecule has 0 aliphatic carbocycles. The standard InChI is InChI=1S/C9H16O3/c1-6-4-11-9(3)7(10)5-12-8(6,9)2/h6-7,10H,4-5H2,1-3H3/t6-,7-,8-,9-/m0/s1. The molecule has 70 valence electrons. The molecule has 0 aromatic carbocycles. The van der Waals surface area contributed by atoms with Gasteiger partial charge in [0.05, 0.1) is 13.2 Å². The molecule has 2 fully saturated rings. The van der Waals surface area contributed by atoms with Gasteiger partial charge in [-0.3, -0.25) is 0 Å². The number of fused-ring (bicyclic) bond motifs is 1. The molecule has 4 atom stereocenters. The van der Waals surface area contributed by atoms with Crippen LogP contribution in [0.25, 0.3) is 0 Å². The van der Waals surface area contributed by atoms with Crippen LogP contribution in [0, 0.1) is 5.92 Å². The van der Waals surface area contributed by atoms with Crippen molar-refractivity contribution >= 4 is 0 Å². The monoisotopic (exact) mass is 172 g/mol. The van der Waals surface area contributed by atoms with Crippen LogP contribution in [0.2, 0.25) is 0 Å². The topological polar surface area (TPSA) is 38.7 Å². The second-order valence-corrected chi connectivity index (χ2v) is 4.25. The molecule has 2 heterocycles. The van der Waals surface area contributed by atoms with Gasteiger partial charge in [0.15, 0.2) is 0 Å². The number of aliphatic hydroxyl groups is 1. The van der Waals surface area contributed by atoms with Crippen LogP contribution >= 0.6 is 0 Å². The molecule has 3 nitrogen and oxygen atoms in total. The molecule has 2 aliphatic heterocycles. The van der Waals surface area contributed by atoms with Crippen molar-refractivity contribution in [2.75, 3.05) is 13.2 Å². The smallest absolute Gasteiger partial charge is 0.122 e. The summed E-state index contributed by atoms with van der Waals surface area (Å²) < 4.78 is 11.2. The first-order valence-corrected chi connectivity index (χ1v) is 4.46. The number of hydrogen-bond acceptors (Lipinski definition) is 3. The SMILES string of the molecule is C[C@H]1CO[C@@]2(C)[C@@H](O)CO[C@@]12C. The van der Waals surface area contributed by atoms with Gasteiger partial charge in [-0.15, -0.1) is 0 Å². The Morgan fingerprint density at radius 3 is 2.33 bits per heavy atom. The minimum atomic E-state index is -0.494. The molecule has 2 rings (SSSR count). The minimum Gasteiger partial charge on any atom is -0.388 e. The molecule has 12 heavy (non-hydrogen) atoms. The number of rotatable bonds is 0. The summed E-state index contributed by atoms with van der Waals surface area (Å²) in [6.45, 7) is 7.15. The highest BCUT2D eigenvalue weighted by molar-refractivity contribution is 5.12. The highest BCUT2D eigenvalue weighted by Gasteiger charge is 2.63.